The van der Waals surface area contributed by atoms with Crippen LogP contribution in [0.5, 0.6) is 0 Å². The fourth-order valence-electron chi connectivity index (χ4n) is 2.81. The van der Waals surface area contributed by atoms with Gasteiger partial charge in [-0.25, -0.2) is 9.48 Å². The van der Waals surface area contributed by atoms with Gasteiger partial charge in [0.05, 0.1) is 11.4 Å². The van der Waals surface area contributed by atoms with E-state index in [9.17, 15) is 4.79 Å². The molecule has 6 heteroatoms. The highest BCUT2D eigenvalue weighted by Crippen LogP contribution is 2.13. The molecule has 0 bridgehead atoms. The van der Waals surface area contributed by atoms with Gasteiger partial charge in [-0.2, -0.15) is 16.9 Å². The molecule has 0 atom stereocenters. The van der Waals surface area contributed by atoms with E-state index in [1.807, 2.05) is 58.6 Å². The van der Waals surface area contributed by atoms with Crippen LogP contribution in [0.3, 0.4) is 0 Å². The van der Waals surface area contributed by atoms with Crippen LogP contribution in [0.4, 0.5) is 4.79 Å². The molecule has 5 nitrogen and oxygen atoms in total. The molecule has 1 N–H and O–H groups in total. The number of benzene rings is 1. The summed E-state index contributed by atoms with van der Waals surface area (Å²) >= 11 is 1.91. The van der Waals surface area contributed by atoms with Gasteiger partial charge in [0.25, 0.3) is 0 Å². The van der Waals surface area contributed by atoms with E-state index in [0.29, 0.717) is 6.54 Å². The Kier molecular flexibility index (Phi) is 5.80. The van der Waals surface area contributed by atoms with Crippen LogP contribution in [0, 0.1) is 6.92 Å². The minimum Gasteiger partial charge on any atom is -0.338 e. The Hall–Kier alpha value is -1.95. The van der Waals surface area contributed by atoms with Crippen molar-refractivity contribution in [2.24, 2.45) is 0 Å². The molecule has 0 aliphatic carbocycles. The third-order valence-electron chi connectivity index (χ3n) is 4.22. The normalized spacial score (nSPS) is 14.6. The minimum absolute atomic E-state index is 0.0759. The Balaban J connectivity index is 1.47. The molecular formula is C18H24N4OS. The highest BCUT2D eigenvalue weighted by Gasteiger charge is 2.15. The lowest BCUT2D eigenvalue weighted by molar-refractivity contribution is 0.203. The average Bonchev–Trinajstić information content (AvgIpc) is 3.01. The van der Waals surface area contributed by atoms with Gasteiger partial charge in [0, 0.05) is 37.3 Å². The molecule has 0 saturated carbocycles. The Morgan fingerprint density at radius 2 is 2.00 bits per heavy atom. The molecule has 1 fully saturated rings. The Bertz CT molecular complexity index is 665. The standard InChI is InChI=1S/C18H24N4OS/c1-15-16(14-22(20-15)17-7-3-2-4-8-17)6-5-9-19-18(23)21-10-12-24-13-11-21/h2-4,7-8,14H,5-6,9-13H2,1H3,(H,19,23). The molecule has 2 aromatic rings. The van der Waals surface area contributed by atoms with Crippen molar-refractivity contribution in [2.45, 2.75) is 19.8 Å². The van der Waals surface area contributed by atoms with E-state index in [1.165, 1.54) is 5.56 Å². The summed E-state index contributed by atoms with van der Waals surface area (Å²) < 4.78 is 1.93. The van der Waals surface area contributed by atoms with Crippen LogP contribution in [0.25, 0.3) is 5.69 Å². The molecule has 128 valence electrons. The number of nitrogens with one attached hydrogen (secondary N) is 1. The minimum atomic E-state index is 0.0759. The Morgan fingerprint density at radius 3 is 2.75 bits per heavy atom. The van der Waals surface area contributed by atoms with Gasteiger partial charge < -0.3 is 10.2 Å². The molecule has 1 aromatic carbocycles. The lowest BCUT2D eigenvalue weighted by Crippen LogP contribution is -2.44. The van der Waals surface area contributed by atoms with Crippen LogP contribution in [0.15, 0.2) is 36.5 Å². The van der Waals surface area contributed by atoms with Gasteiger partial charge in [0.1, 0.15) is 0 Å². The van der Waals surface area contributed by atoms with Gasteiger partial charge >= 0.3 is 6.03 Å². The van der Waals surface area contributed by atoms with E-state index in [1.54, 1.807) is 0 Å². The number of rotatable bonds is 5. The number of carbonyl (C=O) groups excluding carboxylic acids is 1. The SMILES string of the molecule is Cc1nn(-c2ccccc2)cc1CCCNC(=O)N1CCSCC1. The molecule has 0 spiro atoms. The van der Waals surface area contributed by atoms with Crippen molar-refractivity contribution in [1.82, 2.24) is 20.0 Å². The maximum atomic E-state index is 12.1. The zero-order valence-electron chi connectivity index (χ0n) is 14.1. The van der Waals surface area contributed by atoms with Crippen LogP contribution in [0.2, 0.25) is 0 Å². The molecule has 1 aliphatic heterocycles. The number of carbonyl (C=O) groups is 1. The van der Waals surface area contributed by atoms with Crippen molar-refractivity contribution in [1.29, 1.82) is 0 Å². The zero-order chi connectivity index (χ0) is 16.8. The summed E-state index contributed by atoms with van der Waals surface area (Å²) in [6.45, 7) is 4.47. The first-order chi connectivity index (χ1) is 11.7. The average molecular weight is 344 g/mol. The smallest absolute Gasteiger partial charge is 0.317 e. The van der Waals surface area contributed by atoms with Gasteiger partial charge in [-0.15, -0.1) is 0 Å². The maximum Gasteiger partial charge on any atom is 0.317 e. The lowest BCUT2D eigenvalue weighted by Gasteiger charge is -2.26. The second kappa shape index (κ2) is 8.24. The van der Waals surface area contributed by atoms with Gasteiger partial charge in [-0.05, 0) is 37.5 Å². The summed E-state index contributed by atoms with van der Waals surface area (Å²) in [5.74, 6) is 2.09. The number of aromatic nitrogens is 2. The summed E-state index contributed by atoms with van der Waals surface area (Å²) in [4.78, 5) is 14.0. The molecule has 0 radical (unpaired) electrons. The number of aryl methyl sites for hydroxylation is 2. The topological polar surface area (TPSA) is 50.2 Å². The third kappa shape index (κ3) is 4.32. The monoisotopic (exact) mass is 344 g/mol. The summed E-state index contributed by atoms with van der Waals surface area (Å²) in [6, 6.07) is 10.2. The number of hydrogen-bond acceptors (Lipinski definition) is 3. The fourth-order valence-corrected chi connectivity index (χ4v) is 3.71. The first kappa shape index (κ1) is 16.9. The van der Waals surface area contributed by atoms with Crippen LogP contribution in [-0.4, -0.2) is 51.9 Å². The van der Waals surface area contributed by atoms with Crippen molar-refractivity contribution in [3.05, 3.63) is 47.8 Å². The predicted octanol–water partition coefficient (Wildman–Crippen LogP) is 2.87. The number of urea groups is 1. The van der Waals surface area contributed by atoms with Crippen molar-refractivity contribution < 1.29 is 4.79 Å². The first-order valence-corrected chi connectivity index (χ1v) is 9.60. The molecule has 2 heterocycles. The van der Waals surface area contributed by atoms with E-state index in [0.717, 1.165) is 48.8 Å². The van der Waals surface area contributed by atoms with Crippen molar-refractivity contribution in [2.75, 3.05) is 31.1 Å². The van der Waals surface area contributed by atoms with Gasteiger partial charge in [0.15, 0.2) is 0 Å². The number of thioether (sulfide) groups is 1. The molecule has 24 heavy (non-hydrogen) atoms. The highest BCUT2D eigenvalue weighted by molar-refractivity contribution is 7.99. The van der Waals surface area contributed by atoms with E-state index < -0.39 is 0 Å². The van der Waals surface area contributed by atoms with Crippen LogP contribution < -0.4 is 5.32 Å². The van der Waals surface area contributed by atoms with E-state index >= 15 is 0 Å². The molecule has 0 unspecified atom stereocenters. The summed E-state index contributed by atoms with van der Waals surface area (Å²) in [7, 11) is 0. The van der Waals surface area contributed by atoms with Gasteiger partial charge in [0.2, 0.25) is 0 Å². The van der Waals surface area contributed by atoms with Crippen molar-refractivity contribution >= 4 is 17.8 Å². The van der Waals surface area contributed by atoms with E-state index in [4.69, 9.17) is 0 Å². The summed E-state index contributed by atoms with van der Waals surface area (Å²) in [5, 5.41) is 7.62. The van der Waals surface area contributed by atoms with Crippen LogP contribution in [-0.2, 0) is 6.42 Å². The van der Waals surface area contributed by atoms with Crippen LogP contribution in [0.1, 0.15) is 17.7 Å². The van der Waals surface area contributed by atoms with Crippen LogP contribution >= 0.6 is 11.8 Å². The molecular weight excluding hydrogens is 320 g/mol. The predicted molar refractivity (Wildman–Crippen MR) is 98.9 cm³/mol. The van der Waals surface area contributed by atoms with Crippen molar-refractivity contribution in [3.63, 3.8) is 0 Å². The summed E-state index contributed by atoms with van der Waals surface area (Å²) in [6.07, 6.45) is 3.94. The zero-order valence-corrected chi connectivity index (χ0v) is 14.9. The third-order valence-corrected chi connectivity index (χ3v) is 5.16. The maximum absolute atomic E-state index is 12.1. The van der Waals surface area contributed by atoms with E-state index in [2.05, 4.69) is 16.6 Å². The number of hydrogen-bond donors (Lipinski definition) is 1. The Labute approximate surface area is 147 Å². The highest BCUT2D eigenvalue weighted by atomic mass is 32.2. The number of para-hydroxylation sites is 1. The quantitative estimate of drug-likeness (QED) is 0.849. The van der Waals surface area contributed by atoms with Gasteiger partial charge in [-0.3, -0.25) is 0 Å². The summed E-state index contributed by atoms with van der Waals surface area (Å²) in [5.41, 5.74) is 3.36. The number of nitrogens with zero attached hydrogens (tertiary/aromatic N) is 3. The lowest BCUT2D eigenvalue weighted by atomic mass is 10.1. The second-order valence-corrected chi connectivity index (χ2v) is 7.18. The largest absolute Gasteiger partial charge is 0.338 e. The van der Waals surface area contributed by atoms with Gasteiger partial charge in [-0.1, -0.05) is 18.2 Å². The molecule has 3 rings (SSSR count). The number of amides is 2. The molecule has 1 saturated heterocycles. The van der Waals surface area contributed by atoms with Crippen molar-refractivity contribution in [3.8, 4) is 5.69 Å². The second-order valence-electron chi connectivity index (χ2n) is 5.95. The fraction of sp³-hybridized carbons (Fsp3) is 0.444. The Morgan fingerprint density at radius 1 is 1.25 bits per heavy atom. The van der Waals surface area contributed by atoms with E-state index in [-0.39, 0.29) is 6.03 Å². The molecule has 2 amide bonds. The molecule has 1 aliphatic rings. The first-order valence-electron chi connectivity index (χ1n) is 8.45. The molecule has 1 aromatic heterocycles.